The Labute approximate surface area is 112 Å². The van der Waals surface area contributed by atoms with Crippen LogP contribution in [0.4, 0.5) is 5.69 Å². The van der Waals surface area contributed by atoms with Gasteiger partial charge in [-0.25, -0.2) is 4.98 Å². The van der Waals surface area contributed by atoms with Gasteiger partial charge >= 0.3 is 0 Å². The van der Waals surface area contributed by atoms with E-state index in [1.165, 1.54) is 24.7 Å². The summed E-state index contributed by atoms with van der Waals surface area (Å²) in [6, 6.07) is 6.84. The largest absolute Gasteiger partial charge is 0.497 e. The van der Waals surface area contributed by atoms with Crippen molar-refractivity contribution < 1.29 is 13.2 Å². The Morgan fingerprint density at radius 3 is 2.68 bits per heavy atom. The molecule has 0 bridgehead atoms. The average molecular weight is 281 g/mol. The van der Waals surface area contributed by atoms with Gasteiger partial charge in [0.15, 0.2) is 5.03 Å². The van der Waals surface area contributed by atoms with Crippen molar-refractivity contribution in [2.45, 2.75) is 11.9 Å². The van der Waals surface area contributed by atoms with E-state index in [9.17, 15) is 8.42 Å². The third-order valence-electron chi connectivity index (χ3n) is 2.73. The highest BCUT2D eigenvalue weighted by molar-refractivity contribution is 7.92. The van der Waals surface area contributed by atoms with Crippen LogP contribution in [0.25, 0.3) is 0 Å². The third-order valence-corrected chi connectivity index (χ3v) is 4.43. The van der Waals surface area contributed by atoms with Gasteiger partial charge in [0, 0.05) is 13.1 Å². The fraction of sp³-hybridized carbons (Fsp3) is 0.250. The summed E-state index contributed by atoms with van der Waals surface area (Å²) in [6.07, 6.45) is 1.31. The van der Waals surface area contributed by atoms with Crippen LogP contribution in [0, 0.1) is 6.92 Å². The molecule has 0 aliphatic carbocycles. The summed E-state index contributed by atoms with van der Waals surface area (Å²) < 4.78 is 31.0. The number of hydrogen-bond acceptors (Lipinski definition) is 4. The lowest BCUT2D eigenvalue weighted by atomic mass is 10.3. The molecule has 0 unspecified atom stereocenters. The minimum absolute atomic E-state index is 0.0651. The molecule has 2 rings (SSSR count). The molecule has 0 radical (unpaired) electrons. The standard InChI is InChI=1S/C12H15N3O3S/c1-9-13-8-12(14-9)19(16,17)15(2)10-5-4-6-11(7-10)18-3/h4-8H,1-3H3,(H,13,14). The molecule has 1 N–H and O–H groups in total. The third kappa shape index (κ3) is 2.55. The van der Waals surface area contributed by atoms with Gasteiger partial charge in [0.2, 0.25) is 0 Å². The second-order valence-electron chi connectivity index (χ2n) is 4.01. The van der Waals surface area contributed by atoms with Crippen LogP contribution in [0.2, 0.25) is 0 Å². The number of methoxy groups -OCH3 is 1. The van der Waals surface area contributed by atoms with Crippen LogP contribution < -0.4 is 9.04 Å². The second kappa shape index (κ2) is 4.93. The first-order chi connectivity index (χ1) is 8.95. The molecule has 0 fully saturated rings. The summed E-state index contributed by atoms with van der Waals surface area (Å²) in [5, 5.41) is 0.0651. The lowest BCUT2D eigenvalue weighted by Gasteiger charge is -2.18. The monoisotopic (exact) mass is 281 g/mol. The second-order valence-corrected chi connectivity index (χ2v) is 5.94. The minimum atomic E-state index is -3.64. The van der Waals surface area contributed by atoms with Crippen molar-refractivity contribution in [2.75, 3.05) is 18.5 Å². The SMILES string of the molecule is COc1cccc(N(C)S(=O)(=O)c2cnc(C)[nH]2)c1. The maximum atomic E-state index is 12.4. The highest BCUT2D eigenvalue weighted by Gasteiger charge is 2.23. The van der Waals surface area contributed by atoms with E-state index in [0.29, 0.717) is 17.3 Å². The molecule has 1 aromatic carbocycles. The molecule has 6 nitrogen and oxygen atoms in total. The first-order valence-electron chi connectivity index (χ1n) is 5.60. The van der Waals surface area contributed by atoms with Gasteiger partial charge in [0.25, 0.3) is 10.0 Å². The van der Waals surface area contributed by atoms with Gasteiger partial charge in [-0.1, -0.05) is 6.07 Å². The van der Waals surface area contributed by atoms with Crippen molar-refractivity contribution >= 4 is 15.7 Å². The van der Waals surface area contributed by atoms with Crippen LogP contribution in [-0.2, 0) is 10.0 Å². The molecule has 7 heteroatoms. The molecule has 0 aliphatic heterocycles. The maximum Gasteiger partial charge on any atom is 0.281 e. The lowest BCUT2D eigenvalue weighted by Crippen LogP contribution is -2.26. The van der Waals surface area contributed by atoms with Crippen LogP contribution in [0.3, 0.4) is 0 Å². The number of nitrogens with zero attached hydrogens (tertiary/aromatic N) is 2. The Balaban J connectivity index is 2.40. The molecule has 19 heavy (non-hydrogen) atoms. The smallest absolute Gasteiger partial charge is 0.281 e. The molecule has 0 saturated carbocycles. The Morgan fingerprint density at radius 2 is 2.11 bits per heavy atom. The summed E-state index contributed by atoms with van der Waals surface area (Å²) in [5.74, 6) is 1.15. The highest BCUT2D eigenvalue weighted by Crippen LogP contribution is 2.24. The molecule has 0 aliphatic rings. The summed E-state index contributed by atoms with van der Waals surface area (Å²) in [4.78, 5) is 6.63. The zero-order valence-corrected chi connectivity index (χ0v) is 11.7. The van der Waals surface area contributed by atoms with E-state index in [-0.39, 0.29) is 5.03 Å². The summed E-state index contributed by atoms with van der Waals surface area (Å²) >= 11 is 0. The molecule has 0 atom stereocenters. The van der Waals surface area contributed by atoms with Crippen molar-refractivity contribution in [3.63, 3.8) is 0 Å². The van der Waals surface area contributed by atoms with Gasteiger partial charge < -0.3 is 9.72 Å². The number of imidazole rings is 1. The van der Waals surface area contributed by atoms with E-state index >= 15 is 0 Å². The van der Waals surface area contributed by atoms with E-state index in [4.69, 9.17) is 4.74 Å². The number of nitrogens with one attached hydrogen (secondary N) is 1. The number of benzene rings is 1. The fourth-order valence-corrected chi connectivity index (χ4v) is 2.77. The number of anilines is 1. The Hall–Kier alpha value is -2.02. The molecule has 0 amide bonds. The first kappa shape index (κ1) is 13.4. The zero-order chi connectivity index (χ0) is 14.0. The molecular weight excluding hydrogens is 266 g/mol. The van der Waals surface area contributed by atoms with E-state index in [0.717, 1.165) is 0 Å². The van der Waals surface area contributed by atoms with Gasteiger partial charge in [-0.05, 0) is 19.1 Å². The minimum Gasteiger partial charge on any atom is -0.497 e. The molecule has 0 spiro atoms. The molecule has 1 heterocycles. The normalized spacial score (nSPS) is 11.3. The van der Waals surface area contributed by atoms with Gasteiger partial charge in [-0.2, -0.15) is 8.42 Å². The number of sulfonamides is 1. The van der Waals surface area contributed by atoms with Crippen molar-refractivity contribution in [2.24, 2.45) is 0 Å². The average Bonchev–Trinajstić information content (AvgIpc) is 2.85. The summed E-state index contributed by atoms with van der Waals surface area (Å²) in [5.41, 5.74) is 0.520. The van der Waals surface area contributed by atoms with Gasteiger partial charge in [-0.3, -0.25) is 4.31 Å². The van der Waals surface area contributed by atoms with Gasteiger partial charge in [0.05, 0.1) is 19.0 Å². The van der Waals surface area contributed by atoms with E-state index < -0.39 is 10.0 Å². The topological polar surface area (TPSA) is 75.3 Å². The number of hydrogen-bond donors (Lipinski definition) is 1. The summed E-state index contributed by atoms with van der Waals surface area (Å²) in [6.45, 7) is 1.70. The van der Waals surface area contributed by atoms with Crippen molar-refractivity contribution in [3.05, 3.63) is 36.3 Å². The lowest BCUT2D eigenvalue weighted by molar-refractivity contribution is 0.415. The van der Waals surface area contributed by atoms with Crippen LogP contribution in [-0.4, -0.2) is 32.5 Å². The first-order valence-corrected chi connectivity index (χ1v) is 7.04. The molecular formula is C12H15N3O3S. The van der Waals surface area contributed by atoms with Crippen molar-refractivity contribution in [1.82, 2.24) is 9.97 Å². The van der Waals surface area contributed by atoms with Crippen molar-refractivity contribution in [3.8, 4) is 5.75 Å². The number of aromatic amines is 1. The Bertz CT molecular complexity index is 679. The van der Waals surface area contributed by atoms with Gasteiger partial charge in [0.1, 0.15) is 11.6 Å². The van der Waals surface area contributed by atoms with Crippen LogP contribution in [0.5, 0.6) is 5.75 Å². The molecule has 2 aromatic rings. The van der Waals surface area contributed by atoms with Gasteiger partial charge in [-0.15, -0.1) is 0 Å². The predicted octanol–water partition coefficient (Wildman–Crippen LogP) is 1.55. The molecule has 0 saturated heterocycles. The fourth-order valence-electron chi connectivity index (χ4n) is 1.62. The highest BCUT2D eigenvalue weighted by atomic mass is 32.2. The van der Waals surface area contributed by atoms with E-state index in [2.05, 4.69) is 9.97 Å². The summed E-state index contributed by atoms with van der Waals surface area (Å²) in [7, 11) is -0.616. The number of aryl methyl sites for hydroxylation is 1. The number of ether oxygens (including phenoxy) is 1. The van der Waals surface area contributed by atoms with E-state index in [1.807, 2.05) is 0 Å². The predicted molar refractivity (Wildman–Crippen MR) is 71.9 cm³/mol. The Kier molecular flexibility index (Phi) is 3.48. The number of aromatic nitrogens is 2. The van der Waals surface area contributed by atoms with E-state index in [1.54, 1.807) is 31.2 Å². The zero-order valence-electron chi connectivity index (χ0n) is 10.9. The number of rotatable bonds is 4. The van der Waals surface area contributed by atoms with Crippen molar-refractivity contribution in [1.29, 1.82) is 0 Å². The van der Waals surface area contributed by atoms with Crippen LogP contribution in [0.15, 0.2) is 35.5 Å². The van der Waals surface area contributed by atoms with Crippen LogP contribution >= 0.6 is 0 Å². The molecule has 102 valence electrons. The quantitative estimate of drug-likeness (QED) is 0.922. The molecule has 1 aromatic heterocycles. The maximum absolute atomic E-state index is 12.4. The van der Waals surface area contributed by atoms with Crippen LogP contribution in [0.1, 0.15) is 5.82 Å². The Morgan fingerprint density at radius 1 is 1.37 bits per heavy atom. The number of H-pyrrole nitrogens is 1.